The van der Waals surface area contributed by atoms with Gasteiger partial charge < -0.3 is 20.1 Å². The van der Waals surface area contributed by atoms with E-state index in [1.807, 2.05) is 24.3 Å². The summed E-state index contributed by atoms with van der Waals surface area (Å²) in [5.74, 6) is 0.0843. The highest BCUT2D eigenvalue weighted by atomic mass is 32.2. The van der Waals surface area contributed by atoms with E-state index in [1.54, 1.807) is 11.8 Å². The smallest absolute Gasteiger partial charge is 0.407 e. The van der Waals surface area contributed by atoms with Gasteiger partial charge in [-0.05, 0) is 40.5 Å². The van der Waals surface area contributed by atoms with Crippen LogP contribution in [0, 0.1) is 5.41 Å². The van der Waals surface area contributed by atoms with E-state index >= 15 is 0 Å². The van der Waals surface area contributed by atoms with Crippen LogP contribution in [0.3, 0.4) is 0 Å². The number of thioether (sulfide) groups is 1. The first-order valence-electron chi connectivity index (χ1n) is 12.2. The van der Waals surface area contributed by atoms with Gasteiger partial charge in [0.25, 0.3) is 0 Å². The lowest BCUT2D eigenvalue weighted by Gasteiger charge is -2.43. The molecule has 1 saturated heterocycles. The molecule has 0 bridgehead atoms. The van der Waals surface area contributed by atoms with Gasteiger partial charge in [0.1, 0.15) is 12.6 Å². The maximum absolute atomic E-state index is 13.0. The summed E-state index contributed by atoms with van der Waals surface area (Å²) in [6.45, 7) is 1.06. The Morgan fingerprint density at radius 2 is 1.71 bits per heavy atom. The normalized spacial score (nSPS) is 20.3. The van der Waals surface area contributed by atoms with Crippen LogP contribution in [0.4, 0.5) is 4.79 Å². The van der Waals surface area contributed by atoms with Crippen LogP contribution in [0.25, 0.3) is 11.1 Å². The second-order valence-corrected chi connectivity index (χ2v) is 10.9. The van der Waals surface area contributed by atoms with Crippen molar-refractivity contribution in [3.8, 4) is 11.1 Å². The van der Waals surface area contributed by atoms with Crippen LogP contribution >= 0.6 is 11.8 Å². The molecule has 2 amide bonds. The predicted octanol–water partition coefficient (Wildman–Crippen LogP) is 4.11. The summed E-state index contributed by atoms with van der Waals surface area (Å²) in [7, 11) is 0. The SMILES string of the molecule is O=C(NCC1(CC(=O)N2CCSCC2C(=O)O)CCC1)OCC1c2ccccc2-c2ccccc21. The third-order valence-corrected chi connectivity index (χ3v) is 8.65. The third kappa shape index (κ3) is 4.76. The molecule has 2 fully saturated rings. The van der Waals surface area contributed by atoms with Gasteiger partial charge >= 0.3 is 12.1 Å². The van der Waals surface area contributed by atoms with Crippen molar-refractivity contribution in [1.82, 2.24) is 10.2 Å². The Balaban J connectivity index is 1.17. The lowest BCUT2D eigenvalue weighted by atomic mass is 9.66. The van der Waals surface area contributed by atoms with Gasteiger partial charge in [-0.3, -0.25) is 4.79 Å². The number of aliphatic carboxylic acids is 1. The van der Waals surface area contributed by atoms with Crippen molar-refractivity contribution in [2.24, 2.45) is 5.41 Å². The lowest BCUT2D eigenvalue weighted by Crippen LogP contribution is -2.53. The number of hydrogen-bond donors (Lipinski definition) is 2. The van der Waals surface area contributed by atoms with E-state index in [0.29, 0.717) is 18.8 Å². The zero-order valence-electron chi connectivity index (χ0n) is 19.6. The number of fused-ring (bicyclic) bond motifs is 3. The zero-order valence-corrected chi connectivity index (χ0v) is 20.4. The molecule has 0 aromatic heterocycles. The summed E-state index contributed by atoms with van der Waals surface area (Å²) in [4.78, 5) is 38.7. The summed E-state index contributed by atoms with van der Waals surface area (Å²) in [6.07, 6.45) is 2.44. The number of ether oxygens (including phenoxy) is 1. The van der Waals surface area contributed by atoms with Gasteiger partial charge in [0, 0.05) is 36.9 Å². The number of alkyl carbamates (subject to hydrolysis) is 1. The molecule has 2 aromatic carbocycles. The van der Waals surface area contributed by atoms with Crippen LogP contribution < -0.4 is 5.32 Å². The van der Waals surface area contributed by atoms with Crippen molar-refractivity contribution < 1.29 is 24.2 Å². The molecule has 0 spiro atoms. The average Bonchev–Trinajstić information content (AvgIpc) is 3.17. The van der Waals surface area contributed by atoms with Gasteiger partial charge in [0.05, 0.1) is 0 Å². The highest BCUT2D eigenvalue weighted by Crippen LogP contribution is 2.45. The van der Waals surface area contributed by atoms with Crippen LogP contribution in [-0.2, 0) is 14.3 Å². The number of carbonyl (C=O) groups is 3. The van der Waals surface area contributed by atoms with Gasteiger partial charge in [0.2, 0.25) is 5.91 Å². The van der Waals surface area contributed by atoms with Crippen molar-refractivity contribution in [1.29, 1.82) is 0 Å². The molecule has 184 valence electrons. The van der Waals surface area contributed by atoms with E-state index in [-0.39, 0.29) is 30.3 Å². The van der Waals surface area contributed by atoms with Crippen LogP contribution in [0.5, 0.6) is 0 Å². The van der Waals surface area contributed by atoms with Crippen LogP contribution in [-0.4, -0.2) is 65.2 Å². The molecule has 2 N–H and O–H groups in total. The number of benzene rings is 2. The topological polar surface area (TPSA) is 95.9 Å². The minimum absolute atomic E-state index is 0.00249. The van der Waals surface area contributed by atoms with Crippen molar-refractivity contribution in [2.75, 3.05) is 31.2 Å². The maximum Gasteiger partial charge on any atom is 0.407 e. The second kappa shape index (κ2) is 9.93. The van der Waals surface area contributed by atoms with E-state index in [0.717, 1.165) is 36.1 Å². The summed E-state index contributed by atoms with van der Waals surface area (Å²) in [6, 6.07) is 15.6. The van der Waals surface area contributed by atoms with Gasteiger partial charge in [-0.1, -0.05) is 55.0 Å². The Morgan fingerprint density at radius 1 is 1.06 bits per heavy atom. The van der Waals surface area contributed by atoms with Gasteiger partial charge in [-0.25, -0.2) is 9.59 Å². The molecule has 3 aliphatic rings. The van der Waals surface area contributed by atoms with Crippen molar-refractivity contribution >= 4 is 29.7 Å². The minimum Gasteiger partial charge on any atom is -0.480 e. The minimum atomic E-state index is -0.954. The molecule has 1 aliphatic heterocycles. The highest BCUT2D eigenvalue weighted by molar-refractivity contribution is 7.99. The Kier molecular flexibility index (Phi) is 6.73. The first-order valence-corrected chi connectivity index (χ1v) is 13.3. The number of rotatable bonds is 7. The molecule has 0 radical (unpaired) electrons. The van der Waals surface area contributed by atoms with E-state index < -0.39 is 18.1 Å². The molecule has 8 heteroatoms. The molecule has 2 aliphatic carbocycles. The van der Waals surface area contributed by atoms with E-state index in [1.165, 1.54) is 16.0 Å². The average molecular weight is 495 g/mol. The zero-order chi connectivity index (χ0) is 24.4. The fourth-order valence-corrected chi connectivity index (χ4v) is 6.57. The quantitative estimate of drug-likeness (QED) is 0.601. The molecule has 7 nitrogen and oxygen atoms in total. The summed E-state index contributed by atoms with van der Waals surface area (Å²) in [5, 5.41) is 12.4. The monoisotopic (exact) mass is 494 g/mol. The number of carbonyl (C=O) groups excluding carboxylic acids is 2. The molecular weight excluding hydrogens is 464 g/mol. The summed E-state index contributed by atoms with van der Waals surface area (Å²) in [5.41, 5.74) is 4.36. The number of carboxylic acid groups (broad SMARTS) is 1. The first-order chi connectivity index (χ1) is 17.0. The lowest BCUT2D eigenvalue weighted by molar-refractivity contribution is -0.150. The molecule has 1 unspecified atom stereocenters. The molecular formula is C27H30N2O5S. The molecule has 1 heterocycles. The number of hydrogen-bond acceptors (Lipinski definition) is 5. The fourth-order valence-electron chi connectivity index (χ4n) is 5.53. The van der Waals surface area contributed by atoms with Crippen molar-refractivity contribution in [3.63, 3.8) is 0 Å². The van der Waals surface area contributed by atoms with Crippen molar-refractivity contribution in [3.05, 3.63) is 59.7 Å². The van der Waals surface area contributed by atoms with Gasteiger partial charge in [-0.2, -0.15) is 11.8 Å². The van der Waals surface area contributed by atoms with Crippen LogP contribution in [0.15, 0.2) is 48.5 Å². The Hall–Kier alpha value is -3.00. The Bertz CT molecular complexity index is 1090. The third-order valence-electron chi connectivity index (χ3n) is 7.63. The van der Waals surface area contributed by atoms with Gasteiger partial charge in [0.15, 0.2) is 0 Å². The number of amides is 2. The standard InChI is InChI=1S/C27H30N2O5S/c30-24(29-12-13-35-16-23(29)25(31)32)14-27(10-5-11-27)17-28-26(33)34-15-22-20-8-3-1-6-18(20)19-7-2-4-9-21(19)22/h1-4,6-9,22-23H,5,10-17H2,(H,28,33)(H,31,32). The Morgan fingerprint density at radius 3 is 2.31 bits per heavy atom. The predicted molar refractivity (Wildman–Crippen MR) is 134 cm³/mol. The van der Waals surface area contributed by atoms with E-state index in [2.05, 4.69) is 29.6 Å². The largest absolute Gasteiger partial charge is 0.480 e. The molecule has 1 atom stereocenters. The van der Waals surface area contributed by atoms with Gasteiger partial charge in [-0.15, -0.1) is 0 Å². The Labute approximate surface area is 209 Å². The van der Waals surface area contributed by atoms with Crippen molar-refractivity contribution in [2.45, 2.75) is 37.6 Å². The summed E-state index contributed by atoms with van der Waals surface area (Å²) >= 11 is 1.56. The molecule has 35 heavy (non-hydrogen) atoms. The maximum atomic E-state index is 13.0. The first kappa shape index (κ1) is 23.7. The number of carboxylic acids is 1. The van der Waals surface area contributed by atoms with E-state index in [4.69, 9.17) is 4.74 Å². The molecule has 2 aromatic rings. The van der Waals surface area contributed by atoms with E-state index in [9.17, 15) is 19.5 Å². The van der Waals surface area contributed by atoms with Crippen LogP contribution in [0.2, 0.25) is 0 Å². The highest BCUT2D eigenvalue weighted by Gasteiger charge is 2.42. The molecule has 5 rings (SSSR count). The molecule has 1 saturated carbocycles. The van der Waals surface area contributed by atoms with Crippen LogP contribution in [0.1, 0.15) is 42.7 Å². The number of nitrogens with zero attached hydrogens (tertiary/aromatic N) is 1. The fraction of sp³-hybridized carbons (Fsp3) is 0.444. The second-order valence-electron chi connectivity index (χ2n) is 9.73. The number of nitrogens with one attached hydrogen (secondary N) is 1. The summed E-state index contributed by atoms with van der Waals surface area (Å²) < 4.78 is 5.65.